The lowest BCUT2D eigenvalue weighted by molar-refractivity contribution is -0.152. The van der Waals surface area contributed by atoms with Crippen molar-refractivity contribution in [2.75, 3.05) is 94.5 Å². The molecule has 3 N–H and O–H groups in total. The molecule has 2 aliphatic heterocycles. The molecule has 2 heterocycles. The van der Waals surface area contributed by atoms with Gasteiger partial charge in [-0.15, -0.1) is 0 Å². The SMILES string of the molecule is CC(C)(C)C(=O)OCCc1ccc2c(c1)C(=O)CCO2.COCCc1ccc(O)cc1.COCCc1ccc(OCCC(=O)O)cc1.COCCc1ccc(OCCCO)cc1.COCCc1ccc2c(c1)C(=O)CCO2. The highest BCUT2D eigenvalue weighted by molar-refractivity contribution is 6.00. The van der Waals surface area contributed by atoms with Crippen LogP contribution in [-0.4, -0.2) is 133 Å². The Bertz CT molecular complexity index is 2460. The number of carbonyl (C=O) groups is 4. The van der Waals surface area contributed by atoms with Crippen molar-refractivity contribution < 1.29 is 77.1 Å². The first-order valence-electron chi connectivity index (χ1n) is 25.9. The summed E-state index contributed by atoms with van der Waals surface area (Å²) in [4.78, 5) is 45.3. The van der Waals surface area contributed by atoms with Crippen LogP contribution in [0.1, 0.15) is 95.0 Å². The summed E-state index contributed by atoms with van der Waals surface area (Å²) in [6, 6.07) is 34.0. The zero-order chi connectivity index (χ0) is 56.3. The fourth-order valence-corrected chi connectivity index (χ4v) is 6.97. The van der Waals surface area contributed by atoms with Gasteiger partial charge in [-0.25, -0.2) is 0 Å². The van der Waals surface area contributed by atoms with Gasteiger partial charge in [-0.3, -0.25) is 19.2 Å². The van der Waals surface area contributed by atoms with Crippen LogP contribution in [-0.2, 0) is 65.4 Å². The predicted octanol–water partition coefficient (Wildman–Crippen LogP) is 9.57. The third kappa shape index (κ3) is 26.7. The number of hydrogen-bond acceptors (Lipinski definition) is 15. The first-order chi connectivity index (χ1) is 37.1. The zero-order valence-corrected chi connectivity index (χ0v) is 46.0. The molecule has 0 fully saturated rings. The van der Waals surface area contributed by atoms with Crippen LogP contribution in [0, 0.1) is 5.41 Å². The maximum absolute atomic E-state index is 11.8. The smallest absolute Gasteiger partial charge is 0.311 e. The molecule has 7 rings (SSSR count). The molecule has 77 heavy (non-hydrogen) atoms. The lowest BCUT2D eigenvalue weighted by Gasteiger charge is -2.18. The molecule has 420 valence electrons. The van der Waals surface area contributed by atoms with E-state index in [1.807, 2.05) is 118 Å². The number of carbonyl (C=O) groups excluding carboxylic acids is 3. The van der Waals surface area contributed by atoms with Gasteiger partial charge >= 0.3 is 11.9 Å². The summed E-state index contributed by atoms with van der Waals surface area (Å²) >= 11 is 0. The summed E-state index contributed by atoms with van der Waals surface area (Å²) in [6.07, 6.45) is 5.72. The number of carboxylic acids is 1. The number of ether oxygens (including phenoxy) is 9. The number of Topliss-reactive ketones (excluding diaryl/α,β-unsaturated/α-hetero) is 2. The Kier molecular flexibility index (Phi) is 31.0. The number of aliphatic carboxylic acids is 1. The number of phenols is 1. The second-order valence-corrected chi connectivity index (χ2v) is 18.7. The number of ketones is 2. The predicted molar refractivity (Wildman–Crippen MR) is 294 cm³/mol. The van der Waals surface area contributed by atoms with E-state index in [9.17, 15) is 19.2 Å². The minimum Gasteiger partial charge on any atom is -0.508 e. The minimum atomic E-state index is -0.850. The van der Waals surface area contributed by atoms with Crippen molar-refractivity contribution in [1.29, 1.82) is 0 Å². The zero-order valence-electron chi connectivity index (χ0n) is 46.0. The second kappa shape index (κ2) is 37.0. The van der Waals surface area contributed by atoms with Crippen molar-refractivity contribution in [2.45, 2.75) is 78.6 Å². The van der Waals surface area contributed by atoms with Crippen molar-refractivity contribution in [3.05, 3.63) is 148 Å². The molecule has 0 aromatic heterocycles. The Labute approximate surface area is 454 Å². The quantitative estimate of drug-likeness (QED) is 0.0410. The average molecular weight is 1070 g/mol. The first-order valence-corrected chi connectivity index (χ1v) is 25.9. The maximum Gasteiger partial charge on any atom is 0.311 e. The van der Waals surface area contributed by atoms with Crippen LogP contribution >= 0.6 is 0 Å². The number of methoxy groups -OCH3 is 4. The van der Waals surface area contributed by atoms with E-state index in [1.54, 1.807) is 40.6 Å². The minimum absolute atomic E-state index is 0.0193. The Morgan fingerprint density at radius 2 is 0.896 bits per heavy atom. The van der Waals surface area contributed by atoms with E-state index in [2.05, 4.69) is 0 Å². The summed E-state index contributed by atoms with van der Waals surface area (Å²) in [5.41, 5.74) is 6.56. The lowest BCUT2D eigenvalue weighted by Crippen LogP contribution is -2.23. The first kappa shape index (κ1) is 64.5. The number of benzene rings is 5. The lowest BCUT2D eigenvalue weighted by atomic mass is 9.97. The van der Waals surface area contributed by atoms with Gasteiger partial charge < -0.3 is 58.0 Å². The van der Waals surface area contributed by atoms with Crippen LogP contribution in [0.2, 0.25) is 0 Å². The van der Waals surface area contributed by atoms with Crippen molar-refractivity contribution >= 4 is 23.5 Å². The number of esters is 1. The molecule has 16 nitrogen and oxygen atoms in total. The van der Waals surface area contributed by atoms with Crippen molar-refractivity contribution in [2.24, 2.45) is 5.41 Å². The fraction of sp³-hybridized carbons (Fsp3) is 0.443. The van der Waals surface area contributed by atoms with Gasteiger partial charge in [-0.05, 0) is 135 Å². The fourth-order valence-electron chi connectivity index (χ4n) is 6.97. The molecule has 2 aliphatic rings. The van der Waals surface area contributed by atoms with Gasteiger partial charge in [0.05, 0.1) is 82.4 Å². The Morgan fingerprint density at radius 1 is 0.519 bits per heavy atom. The molecule has 0 amide bonds. The Morgan fingerprint density at radius 3 is 1.29 bits per heavy atom. The van der Waals surface area contributed by atoms with Crippen LogP contribution in [0.5, 0.6) is 28.7 Å². The van der Waals surface area contributed by atoms with E-state index >= 15 is 0 Å². The highest BCUT2D eigenvalue weighted by Gasteiger charge is 2.23. The molecule has 5 aromatic carbocycles. The molecule has 0 aliphatic carbocycles. The number of aromatic hydroxyl groups is 1. The molecule has 0 saturated heterocycles. The number of hydrogen-bond donors (Lipinski definition) is 3. The number of aliphatic hydroxyl groups excluding tert-OH is 1. The van der Waals surface area contributed by atoms with E-state index < -0.39 is 11.4 Å². The van der Waals surface area contributed by atoms with E-state index in [0.29, 0.717) is 93.9 Å². The number of aliphatic hydroxyl groups is 1. The third-order valence-corrected chi connectivity index (χ3v) is 11.4. The van der Waals surface area contributed by atoms with Gasteiger partial charge in [-0.2, -0.15) is 0 Å². The number of fused-ring (bicyclic) bond motifs is 2. The highest BCUT2D eigenvalue weighted by Crippen LogP contribution is 2.27. The van der Waals surface area contributed by atoms with Crippen molar-refractivity contribution in [1.82, 2.24) is 0 Å². The van der Waals surface area contributed by atoms with Crippen LogP contribution < -0.4 is 18.9 Å². The average Bonchev–Trinajstić information content (AvgIpc) is 3.42. The molecule has 0 unspecified atom stereocenters. The van der Waals surface area contributed by atoms with Gasteiger partial charge in [0.1, 0.15) is 28.7 Å². The van der Waals surface area contributed by atoms with Crippen molar-refractivity contribution in [3.63, 3.8) is 0 Å². The molecule has 0 spiro atoms. The summed E-state index contributed by atoms with van der Waals surface area (Å²) in [5.74, 6) is 2.45. The monoisotopic (exact) mass is 1070 g/mol. The van der Waals surface area contributed by atoms with E-state index in [1.165, 1.54) is 16.7 Å². The molecular weight excluding hydrogens is 989 g/mol. The standard InChI is InChI=1S/C16H20O4.C12H16O4.C12H14O3.C12H18O3.C9H12O2/c1-16(2,3)15(18)20-8-6-11-4-5-14-12(10-11)13(17)7-9-19-14;1-15-8-6-10-2-4-11(5-3-10)16-9-7-12(13)14;1-14-6-4-9-2-3-12-10(8-9)11(13)5-7-15-12;1-14-10-7-11-3-5-12(6-4-11)15-9-2-8-13;1-11-7-6-8-2-4-9(10)5-3-8/h4-5,10H,6-9H2,1-3H3;2-5H,6-9H2,1H3,(H,13,14);2-3,8H,4-7H2,1H3;3-6,13H,2,7-10H2,1H3;2-5,10H,6-7H2,1H3. The molecular formula is C61H80O16. The molecule has 0 saturated carbocycles. The van der Waals surface area contributed by atoms with Crippen LogP contribution in [0.15, 0.2) is 109 Å². The van der Waals surface area contributed by atoms with Crippen LogP contribution in [0.25, 0.3) is 0 Å². The van der Waals surface area contributed by atoms with Gasteiger partial charge in [0.25, 0.3) is 0 Å². The normalized spacial score (nSPS) is 12.1. The maximum atomic E-state index is 11.8. The number of carboxylic acid groups (broad SMARTS) is 1. The molecule has 0 atom stereocenters. The van der Waals surface area contributed by atoms with Gasteiger partial charge in [0.2, 0.25) is 0 Å². The molecule has 0 radical (unpaired) electrons. The summed E-state index contributed by atoms with van der Waals surface area (Å²) in [5, 5.41) is 26.0. The Balaban J connectivity index is 0.000000256. The van der Waals surface area contributed by atoms with E-state index in [-0.39, 0.29) is 37.2 Å². The number of phenolic OH excluding ortho intramolecular Hbond substituents is 1. The second-order valence-electron chi connectivity index (χ2n) is 18.7. The summed E-state index contributed by atoms with van der Waals surface area (Å²) < 4.78 is 46.6. The van der Waals surface area contributed by atoms with Gasteiger partial charge in [-0.1, -0.05) is 48.5 Å². The summed E-state index contributed by atoms with van der Waals surface area (Å²) in [6.45, 7) is 10.5. The van der Waals surface area contributed by atoms with Gasteiger partial charge in [0, 0.05) is 60.7 Å². The van der Waals surface area contributed by atoms with Crippen LogP contribution in [0.3, 0.4) is 0 Å². The molecule has 0 bridgehead atoms. The topological polar surface area (TPSA) is 212 Å². The van der Waals surface area contributed by atoms with E-state index in [4.69, 9.17) is 58.0 Å². The number of rotatable bonds is 23. The van der Waals surface area contributed by atoms with Crippen LogP contribution in [0.4, 0.5) is 0 Å². The third-order valence-electron chi connectivity index (χ3n) is 11.4. The summed E-state index contributed by atoms with van der Waals surface area (Å²) in [7, 11) is 6.73. The van der Waals surface area contributed by atoms with Gasteiger partial charge in [0.15, 0.2) is 11.6 Å². The highest BCUT2D eigenvalue weighted by atomic mass is 16.5. The van der Waals surface area contributed by atoms with E-state index in [0.717, 1.165) is 61.3 Å². The Hall–Kier alpha value is -6.82. The largest absolute Gasteiger partial charge is 0.508 e. The molecule has 16 heteroatoms. The molecule has 5 aromatic rings. The van der Waals surface area contributed by atoms with Crippen molar-refractivity contribution in [3.8, 4) is 28.7 Å².